The summed E-state index contributed by atoms with van der Waals surface area (Å²) < 4.78 is 5.19. The molecule has 4 rings (SSSR count). The van der Waals surface area contributed by atoms with Gasteiger partial charge in [0, 0.05) is 25.0 Å². The molecule has 2 amide bonds. The number of hydrogen-bond acceptors (Lipinski definition) is 4. The van der Waals surface area contributed by atoms with E-state index < -0.39 is 0 Å². The minimum atomic E-state index is -0.0841. The predicted molar refractivity (Wildman–Crippen MR) is 99.5 cm³/mol. The van der Waals surface area contributed by atoms with Crippen molar-refractivity contribution in [1.82, 2.24) is 20.4 Å². The van der Waals surface area contributed by atoms with Gasteiger partial charge in [0.1, 0.15) is 0 Å². The van der Waals surface area contributed by atoms with Crippen LogP contribution in [-0.4, -0.2) is 46.0 Å². The summed E-state index contributed by atoms with van der Waals surface area (Å²) in [6.07, 6.45) is 10.6. The van der Waals surface area contributed by atoms with Gasteiger partial charge in [-0.15, -0.1) is 0 Å². The number of H-pyrrole nitrogens is 1. The molecule has 3 heterocycles. The molecule has 0 atom stereocenters. The smallest absolute Gasteiger partial charge is 0.289 e. The maximum atomic E-state index is 12.8. The van der Waals surface area contributed by atoms with Crippen molar-refractivity contribution in [3.8, 4) is 0 Å². The van der Waals surface area contributed by atoms with Crippen LogP contribution in [0.1, 0.15) is 77.5 Å². The van der Waals surface area contributed by atoms with E-state index >= 15 is 0 Å². The molecule has 0 spiro atoms. The van der Waals surface area contributed by atoms with Crippen LogP contribution in [0.25, 0.3) is 0 Å². The zero-order valence-electron chi connectivity index (χ0n) is 15.4. The van der Waals surface area contributed by atoms with Gasteiger partial charge in [0.25, 0.3) is 11.8 Å². The third-order valence-electron chi connectivity index (χ3n) is 5.78. The Morgan fingerprint density at radius 2 is 1.93 bits per heavy atom. The Kier molecular flexibility index (Phi) is 5.27. The van der Waals surface area contributed by atoms with Gasteiger partial charge < -0.3 is 14.6 Å². The van der Waals surface area contributed by atoms with Crippen molar-refractivity contribution < 1.29 is 14.0 Å². The highest BCUT2D eigenvalue weighted by atomic mass is 16.3. The third kappa shape index (κ3) is 3.91. The van der Waals surface area contributed by atoms with Crippen LogP contribution in [0.4, 0.5) is 0 Å². The van der Waals surface area contributed by atoms with Crippen LogP contribution in [0.2, 0.25) is 0 Å². The number of likely N-dealkylation sites (tertiary alicyclic amines) is 1. The van der Waals surface area contributed by atoms with Crippen LogP contribution >= 0.6 is 0 Å². The molecule has 144 valence electrons. The molecule has 0 bridgehead atoms. The Morgan fingerprint density at radius 1 is 1.15 bits per heavy atom. The highest BCUT2D eigenvalue weighted by molar-refractivity contribution is 5.95. The van der Waals surface area contributed by atoms with E-state index in [4.69, 9.17) is 4.42 Å². The molecule has 2 aromatic rings. The van der Waals surface area contributed by atoms with Gasteiger partial charge in [0.05, 0.1) is 23.7 Å². The van der Waals surface area contributed by atoms with Crippen LogP contribution in [0, 0.1) is 0 Å². The summed E-state index contributed by atoms with van der Waals surface area (Å²) in [4.78, 5) is 26.9. The van der Waals surface area contributed by atoms with E-state index in [0.717, 1.165) is 31.4 Å². The lowest BCUT2D eigenvalue weighted by Gasteiger charge is -2.32. The quantitative estimate of drug-likeness (QED) is 0.865. The molecule has 0 unspecified atom stereocenters. The second kappa shape index (κ2) is 7.98. The standard InChI is InChI=1S/C20H26N4O3/c25-19(16-13-21-23-18(16)14-5-2-1-3-6-14)22-15-8-10-24(11-9-15)20(26)17-7-4-12-27-17/h4,7,12-15H,1-3,5-6,8-11H2,(H,21,23)(H,22,25). The zero-order chi connectivity index (χ0) is 18.6. The van der Waals surface area contributed by atoms with E-state index in [1.807, 2.05) is 0 Å². The molecular formula is C20H26N4O3. The highest BCUT2D eigenvalue weighted by Gasteiger charge is 2.28. The SMILES string of the molecule is O=C(NC1CCN(C(=O)c2ccco2)CC1)c1cn[nH]c1C1CCCCC1. The summed E-state index contributed by atoms with van der Waals surface area (Å²) >= 11 is 0. The minimum Gasteiger partial charge on any atom is -0.459 e. The molecular weight excluding hydrogens is 344 g/mol. The van der Waals surface area contributed by atoms with Crippen LogP contribution in [0.15, 0.2) is 29.0 Å². The topological polar surface area (TPSA) is 91.2 Å². The largest absolute Gasteiger partial charge is 0.459 e. The molecule has 1 aliphatic heterocycles. The Morgan fingerprint density at radius 3 is 2.63 bits per heavy atom. The maximum Gasteiger partial charge on any atom is 0.289 e. The van der Waals surface area contributed by atoms with Crippen LogP contribution < -0.4 is 5.32 Å². The number of piperidine rings is 1. The van der Waals surface area contributed by atoms with Gasteiger partial charge in [-0.05, 0) is 37.8 Å². The van der Waals surface area contributed by atoms with Gasteiger partial charge in [-0.1, -0.05) is 19.3 Å². The minimum absolute atomic E-state index is 0.0554. The number of aromatic amines is 1. The van der Waals surface area contributed by atoms with E-state index in [-0.39, 0.29) is 17.9 Å². The van der Waals surface area contributed by atoms with Crippen molar-refractivity contribution in [3.63, 3.8) is 0 Å². The number of carbonyl (C=O) groups excluding carboxylic acids is 2. The van der Waals surface area contributed by atoms with Crippen molar-refractivity contribution in [1.29, 1.82) is 0 Å². The van der Waals surface area contributed by atoms with Crippen LogP contribution in [-0.2, 0) is 0 Å². The highest BCUT2D eigenvalue weighted by Crippen LogP contribution is 2.33. The van der Waals surface area contributed by atoms with Crippen molar-refractivity contribution in [2.45, 2.75) is 56.9 Å². The molecule has 27 heavy (non-hydrogen) atoms. The Hall–Kier alpha value is -2.57. The van der Waals surface area contributed by atoms with Gasteiger partial charge >= 0.3 is 0 Å². The van der Waals surface area contributed by atoms with E-state index in [1.165, 1.54) is 25.5 Å². The Labute approximate surface area is 158 Å². The average Bonchev–Trinajstić information content (AvgIpc) is 3.41. The molecule has 2 N–H and O–H groups in total. The molecule has 2 fully saturated rings. The van der Waals surface area contributed by atoms with E-state index in [1.54, 1.807) is 23.2 Å². The zero-order valence-corrected chi connectivity index (χ0v) is 15.4. The first-order valence-corrected chi connectivity index (χ1v) is 9.89. The predicted octanol–water partition coefficient (Wildman–Crippen LogP) is 3.09. The monoisotopic (exact) mass is 370 g/mol. The van der Waals surface area contributed by atoms with Gasteiger partial charge in [-0.3, -0.25) is 14.7 Å². The lowest BCUT2D eigenvalue weighted by Crippen LogP contribution is -2.46. The first-order chi connectivity index (χ1) is 13.2. The molecule has 7 heteroatoms. The first kappa shape index (κ1) is 17.8. The summed E-state index contributed by atoms with van der Waals surface area (Å²) in [5.41, 5.74) is 1.66. The maximum absolute atomic E-state index is 12.8. The number of carbonyl (C=O) groups is 2. The summed E-state index contributed by atoms with van der Waals surface area (Å²) in [7, 11) is 0. The van der Waals surface area contributed by atoms with Gasteiger partial charge in [-0.2, -0.15) is 5.10 Å². The molecule has 2 aromatic heterocycles. The fourth-order valence-electron chi connectivity index (χ4n) is 4.23. The van der Waals surface area contributed by atoms with Gasteiger partial charge in [0.2, 0.25) is 0 Å². The van der Waals surface area contributed by atoms with Gasteiger partial charge in [-0.25, -0.2) is 0 Å². The average molecular weight is 370 g/mol. The lowest BCUT2D eigenvalue weighted by molar-refractivity contribution is 0.0667. The van der Waals surface area contributed by atoms with E-state index in [2.05, 4.69) is 15.5 Å². The molecule has 7 nitrogen and oxygen atoms in total. The fourth-order valence-corrected chi connectivity index (χ4v) is 4.23. The second-order valence-electron chi connectivity index (χ2n) is 7.55. The van der Waals surface area contributed by atoms with Gasteiger partial charge in [0.15, 0.2) is 5.76 Å². The molecule has 1 aliphatic carbocycles. The molecule has 1 saturated carbocycles. The number of amides is 2. The number of aromatic nitrogens is 2. The van der Waals surface area contributed by atoms with Crippen LogP contribution in [0.5, 0.6) is 0 Å². The third-order valence-corrected chi connectivity index (χ3v) is 5.78. The summed E-state index contributed by atoms with van der Waals surface area (Å²) in [5, 5.41) is 10.3. The Bertz CT molecular complexity index is 769. The number of rotatable bonds is 4. The van der Waals surface area contributed by atoms with E-state index in [9.17, 15) is 9.59 Å². The lowest BCUT2D eigenvalue weighted by atomic mass is 9.85. The summed E-state index contributed by atoms with van der Waals surface area (Å²) in [6, 6.07) is 3.48. The fraction of sp³-hybridized carbons (Fsp3) is 0.550. The molecule has 1 saturated heterocycles. The second-order valence-corrected chi connectivity index (χ2v) is 7.55. The molecule has 0 radical (unpaired) electrons. The molecule has 0 aromatic carbocycles. The molecule has 2 aliphatic rings. The van der Waals surface area contributed by atoms with Crippen LogP contribution in [0.3, 0.4) is 0 Å². The number of furan rings is 1. The summed E-state index contributed by atoms with van der Waals surface area (Å²) in [5.74, 6) is 0.641. The number of nitrogens with one attached hydrogen (secondary N) is 2. The summed E-state index contributed by atoms with van der Waals surface area (Å²) in [6.45, 7) is 1.23. The first-order valence-electron chi connectivity index (χ1n) is 9.89. The number of nitrogens with zero attached hydrogens (tertiary/aromatic N) is 2. The number of hydrogen-bond donors (Lipinski definition) is 2. The van der Waals surface area contributed by atoms with Crippen molar-refractivity contribution in [3.05, 3.63) is 41.6 Å². The van der Waals surface area contributed by atoms with Crippen molar-refractivity contribution >= 4 is 11.8 Å². The van der Waals surface area contributed by atoms with Crippen molar-refractivity contribution in [2.75, 3.05) is 13.1 Å². The normalized spacial score (nSPS) is 19.2. The van der Waals surface area contributed by atoms with E-state index in [0.29, 0.717) is 30.3 Å². The Balaban J connectivity index is 1.32. The van der Waals surface area contributed by atoms with Crippen molar-refractivity contribution in [2.24, 2.45) is 0 Å².